The zero-order valence-corrected chi connectivity index (χ0v) is 8.79. The second kappa shape index (κ2) is 4.02. The fourth-order valence-electron chi connectivity index (χ4n) is 1.34. The molecular weight excluding hydrogens is 232 g/mol. The van der Waals surface area contributed by atoms with Crippen LogP contribution in [0.5, 0.6) is 0 Å². The van der Waals surface area contributed by atoms with Crippen LogP contribution in [0.2, 0.25) is 0 Å². The van der Waals surface area contributed by atoms with Crippen LogP contribution < -0.4 is 5.43 Å². The highest BCUT2D eigenvalue weighted by molar-refractivity contribution is 9.10. The van der Waals surface area contributed by atoms with Crippen LogP contribution in [0.25, 0.3) is 0 Å². The maximum absolute atomic E-state index is 4.13. The van der Waals surface area contributed by atoms with Crippen LogP contribution in [0.1, 0.15) is 12.8 Å². The summed E-state index contributed by atoms with van der Waals surface area (Å²) in [5.41, 5.74) is 3.16. The summed E-state index contributed by atoms with van der Waals surface area (Å²) in [6, 6.07) is 0. The molecule has 2 heterocycles. The van der Waals surface area contributed by atoms with Crippen LogP contribution in [0.3, 0.4) is 0 Å². The molecule has 1 aromatic rings. The zero-order chi connectivity index (χ0) is 9.10. The van der Waals surface area contributed by atoms with E-state index in [-0.39, 0.29) is 0 Å². The molecule has 0 radical (unpaired) electrons. The lowest BCUT2D eigenvalue weighted by molar-refractivity contribution is 0.405. The van der Waals surface area contributed by atoms with Crippen LogP contribution in [0.4, 0.5) is 5.95 Å². The summed E-state index contributed by atoms with van der Waals surface area (Å²) in [6.45, 7) is 2.17. The average molecular weight is 243 g/mol. The Bertz CT molecular complexity index is 268. The number of anilines is 1. The van der Waals surface area contributed by atoms with Crippen LogP contribution in [-0.4, -0.2) is 28.1 Å². The predicted octanol–water partition coefficient (Wildman–Crippen LogP) is 1.66. The fraction of sp³-hybridized carbons (Fsp3) is 0.500. The van der Waals surface area contributed by atoms with E-state index in [0.29, 0.717) is 5.95 Å². The summed E-state index contributed by atoms with van der Waals surface area (Å²) >= 11 is 3.29. The molecule has 1 fully saturated rings. The van der Waals surface area contributed by atoms with Gasteiger partial charge in [-0.3, -0.25) is 5.43 Å². The first-order valence-corrected chi connectivity index (χ1v) is 5.13. The maximum Gasteiger partial charge on any atom is 0.237 e. The summed E-state index contributed by atoms with van der Waals surface area (Å²) in [5, 5.41) is 2.14. The van der Waals surface area contributed by atoms with Crippen LogP contribution in [0, 0.1) is 0 Å². The van der Waals surface area contributed by atoms with Gasteiger partial charge < -0.3 is 0 Å². The monoisotopic (exact) mass is 242 g/mol. The number of hydrogen-bond acceptors (Lipinski definition) is 4. The minimum absolute atomic E-state index is 0.671. The molecular formula is C8H11BrN4. The minimum atomic E-state index is 0.671. The lowest BCUT2D eigenvalue weighted by Gasteiger charge is -2.15. The SMILES string of the molecule is Brc1cnc(NN2CCCC2)nc1. The van der Waals surface area contributed by atoms with Gasteiger partial charge >= 0.3 is 0 Å². The average Bonchev–Trinajstić information content (AvgIpc) is 2.62. The molecule has 0 aromatic carbocycles. The molecule has 0 amide bonds. The summed E-state index contributed by atoms with van der Waals surface area (Å²) in [4.78, 5) is 8.26. The molecule has 4 nitrogen and oxygen atoms in total. The van der Waals surface area contributed by atoms with E-state index in [2.05, 4.69) is 36.3 Å². The first kappa shape index (κ1) is 8.90. The lowest BCUT2D eigenvalue weighted by Crippen LogP contribution is -2.27. The van der Waals surface area contributed by atoms with Gasteiger partial charge in [0.15, 0.2) is 0 Å². The summed E-state index contributed by atoms with van der Waals surface area (Å²) < 4.78 is 0.902. The molecule has 2 rings (SSSR count). The van der Waals surface area contributed by atoms with Crippen molar-refractivity contribution in [2.24, 2.45) is 0 Å². The second-order valence-electron chi connectivity index (χ2n) is 3.03. The molecule has 0 unspecified atom stereocenters. The number of nitrogens with one attached hydrogen (secondary N) is 1. The molecule has 70 valence electrons. The second-order valence-corrected chi connectivity index (χ2v) is 3.95. The Morgan fingerprint density at radius 3 is 2.46 bits per heavy atom. The highest BCUT2D eigenvalue weighted by atomic mass is 79.9. The third-order valence-corrected chi connectivity index (χ3v) is 2.39. The van der Waals surface area contributed by atoms with Gasteiger partial charge in [0, 0.05) is 25.5 Å². The normalized spacial score (nSPS) is 17.6. The number of hydrogen-bond donors (Lipinski definition) is 1. The fourth-order valence-corrected chi connectivity index (χ4v) is 1.55. The van der Waals surface area contributed by atoms with E-state index in [9.17, 15) is 0 Å². The van der Waals surface area contributed by atoms with E-state index in [0.717, 1.165) is 17.6 Å². The Kier molecular flexibility index (Phi) is 2.75. The van der Waals surface area contributed by atoms with E-state index in [1.807, 2.05) is 0 Å². The van der Waals surface area contributed by atoms with Crippen LogP contribution >= 0.6 is 15.9 Å². The molecule has 1 aliphatic heterocycles. The quantitative estimate of drug-likeness (QED) is 0.857. The zero-order valence-electron chi connectivity index (χ0n) is 7.20. The Labute approximate surface area is 85.5 Å². The van der Waals surface area contributed by atoms with Crippen molar-refractivity contribution < 1.29 is 0 Å². The van der Waals surface area contributed by atoms with Crippen molar-refractivity contribution >= 4 is 21.9 Å². The van der Waals surface area contributed by atoms with Crippen molar-refractivity contribution in [2.75, 3.05) is 18.5 Å². The number of aromatic nitrogens is 2. The van der Waals surface area contributed by atoms with E-state index in [1.165, 1.54) is 12.8 Å². The Morgan fingerprint density at radius 1 is 1.23 bits per heavy atom. The van der Waals surface area contributed by atoms with Gasteiger partial charge in [0.25, 0.3) is 0 Å². The predicted molar refractivity (Wildman–Crippen MR) is 54.2 cm³/mol. The molecule has 1 aromatic heterocycles. The summed E-state index contributed by atoms with van der Waals surface area (Å²) in [6.07, 6.45) is 5.99. The van der Waals surface area contributed by atoms with Crippen molar-refractivity contribution in [3.63, 3.8) is 0 Å². The molecule has 0 spiro atoms. The Morgan fingerprint density at radius 2 is 1.85 bits per heavy atom. The maximum atomic E-state index is 4.13. The van der Waals surface area contributed by atoms with Crippen LogP contribution in [0.15, 0.2) is 16.9 Å². The van der Waals surface area contributed by atoms with Gasteiger partial charge in [-0.2, -0.15) is 0 Å². The molecule has 0 bridgehead atoms. The first-order valence-electron chi connectivity index (χ1n) is 4.34. The molecule has 13 heavy (non-hydrogen) atoms. The van der Waals surface area contributed by atoms with Crippen molar-refractivity contribution in [3.05, 3.63) is 16.9 Å². The van der Waals surface area contributed by atoms with Gasteiger partial charge in [-0.25, -0.2) is 15.0 Å². The van der Waals surface area contributed by atoms with E-state index < -0.39 is 0 Å². The van der Waals surface area contributed by atoms with E-state index in [4.69, 9.17) is 0 Å². The molecule has 0 aliphatic carbocycles. The molecule has 1 N–H and O–H groups in total. The third-order valence-electron chi connectivity index (χ3n) is 1.98. The molecule has 0 atom stereocenters. The van der Waals surface area contributed by atoms with Gasteiger partial charge in [-0.15, -0.1) is 0 Å². The smallest absolute Gasteiger partial charge is 0.237 e. The third kappa shape index (κ3) is 2.38. The number of nitrogens with zero attached hydrogens (tertiary/aromatic N) is 3. The molecule has 1 saturated heterocycles. The highest BCUT2D eigenvalue weighted by Gasteiger charge is 2.11. The highest BCUT2D eigenvalue weighted by Crippen LogP contribution is 2.10. The first-order chi connectivity index (χ1) is 6.34. The van der Waals surface area contributed by atoms with Gasteiger partial charge in [-0.05, 0) is 28.8 Å². The Hall–Kier alpha value is -0.680. The van der Waals surface area contributed by atoms with Gasteiger partial charge in [0.1, 0.15) is 0 Å². The summed E-state index contributed by atoms with van der Waals surface area (Å²) in [5.74, 6) is 0.671. The standard InChI is InChI=1S/C8H11BrN4/c9-7-5-10-8(11-6-7)12-13-3-1-2-4-13/h5-6H,1-4H2,(H,10,11,12). The van der Waals surface area contributed by atoms with Crippen molar-refractivity contribution in [1.82, 2.24) is 15.0 Å². The van der Waals surface area contributed by atoms with Crippen LogP contribution in [-0.2, 0) is 0 Å². The number of halogens is 1. The van der Waals surface area contributed by atoms with Crippen molar-refractivity contribution in [3.8, 4) is 0 Å². The molecule has 1 aliphatic rings. The largest absolute Gasteiger partial charge is 0.287 e. The molecule has 0 saturated carbocycles. The lowest BCUT2D eigenvalue weighted by atomic mass is 10.4. The van der Waals surface area contributed by atoms with Crippen molar-refractivity contribution in [1.29, 1.82) is 0 Å². The number of hydrazine groups is 1. The topological polar surface area (TPSA) is 41.1 Å². The van der Waals surface area contributed by atoms with Crippen molar-refractivity contribution in [2.45, 2.75) is 12.8 Å². The van der Waals surface area contributed by atoms with Gasteiger partial charge in [0.2, 0.25) is 5.95 Å². The van der Waals surface area contributed by atoms with E-state index in [1.54, 1.807) is 12.4 Å². The summed E-state index contributed by atoms with van der Waals surface area (Å²) in [7, 11) is 0. The Balaban J connectivity index is 1.97. The molecule has 5 heteroatoms. The number of rotatable bonds is 2. The minimum Gasteiger partial charge on any atom is -0.287 e. The van der Waals surface area contributed by atoms with E-state index >= 15 is 0 Å². The van der Waals surface area contributed by atoms with Gasteiger partial charge in [-0.1, -0.05) is 0 Å². The van der Waals surface area contributed by atoms with Gasteiger partial charge in [0.05, 0.1) is 4.47 Å².